The minimum Gasteiger partial charge on any atom is -0.378 e. The van der Waals surface area contributed by atoms with Gasteiger partial charge in [-0.2, -0.15) is 65.9 Å². The summed E-state index contributed by atoms with van der Waals surface area (Å²) >= 11 is -1.01. The van der Waals surface area contributed by atoms with Gasteiger partial charge in [-0.1, -0.05) is 6.07 Å². The smallest absolute Gasteiger partial charge is 0.378 e. The maximum Gasteiger partial charge on any atom is 0.550 e. The van der Waals surface area contributed by atoms with E-state index in [1.165, 1.54) is 64.8 Å². The minimum atomic E-state index is -6.37. The standard InChI is InChI=1S/C15H10F8N2O4S2.C15H10F8N2.C14H11F5N2O2S.C14H11F5N2.C12H6F5N/c1-25(2)7-3-4-24-9(5-7)8-6-10(31(26,27)15(21,22)23)12(17)13(11(8)16)30-29-28-14(18,19)20;1-25(2)7-3-4-24-10(5-7)8-6-9(14(18,19)20)13(17)11(12(8)16)15(21,22)23;1-21(2)8-5-6-20-11(7-8)9-3-4-10(15)13(12(9)16)24-23-22-14(17,18)19;1-21(2)8-5-6-20-11(7-8)9-3-4-10(15)12(13(9)16)14(17,18)19;13-8-5-4-7(9-3-1-2-6-18-9)11(14)10(8)12(15,16)17/h3-6H,1-2H3;3-6H,1-2H3;3-7H,1-2H3;3-7H,1-2H3;1-6H. The van der Waals surface area contributed by atoms with Crippen molar-refractivity contribution in [3.63, 3.8) is 0 Å². The quantitative estimate of drug-likeness (QED) is 0.0297. The number of rotatable bonds is 16. The van der Waals surface area contributed by atoms with Crippen LogP contribution in [-0.2, 0) is 53.0 Å². The molecule has 0 bridgehead atoms. The fourth-order valence-corrected chi connectivity index (χ4v) is 11.3. The summed E-state index contributed by atoms with van der Waals surface area (Å²) < 4.78 is 434. The number of nitrogens with zero attached hydrogens (tertiary/aromatic N) is 9. The van der Waals surface area contributed by atoms with E-state index < -0.39 is 188 Å². The molecule has 0 aliphatic rings. The Bertz CT molecular complexity index is 5330. The Hall–Kier alpha value is -10.6. The summed E-state index contributed by atoms with van der Waals surface area (Å²) in [6.07, 6.45) is -25.5. The third kappa shape index (κ3) is 25.2. The average molecular weight is 1800 g/mol. The van der Waals surface area contributed by atoms with Crippen LogP contribution in [0.1, 0.15) is 22.3 Å². The lowest BCUT2D eigenvalue weighted by atomic mass is 10.00. The van der Waals surface area contributed by atoms with Gasteiger partial charge in [0.05, 0.1) is 58.1 Å². The molecule has 0 amide bonds. The Balaban J connectivity index is 0.000000233. The van der Waals surface area contributed by atoms with Crippen molar-refractivity contribution in [3.8, 4) is 56.3 Å². The molecule has 10 aromatic rings. The zero-order valence-electron chi connectivity index (χ0n) is 60.3. The molecule has 119 heavy (non-hydrogen) atoms. The van der Waals surface area contributed by atoms with Crippen molar-refractivity contribution >= 4 is 56.7 Å². The zero-order valence-corrected chi connectivity index (χ0v) is 62.7. The number of pyridine rings is 5. The Labute approximate surface area is 658 Å². The molecule has 15 nitrogen and oxygen atoms in total. The lowest BCUT2D eigenvalue weighted by Crippen LogP contribution is -2.25. The lowest BCUT2D eigenvalue weighted by Gasteiger charge is -2.18. The van der Waals surface area contributed by atoms with Gasteiger partial charge in [0.25, 0.3) is 9.84 Å². The summed E-state index contributed by atoms with van der Waals surface area (Å²) in [7, 11) is 6.82. The predicted octanol–water partition coefficient (Wildman–Crippen LogP) is 22.7. The van der Waals surface area contributed by atoms with Crippen LogP contribution in [0.2, 0.25) is 0 Å². The molecule has 0 saturated heterocycles. The highest BCUT2D eigenvalue weighted by molar-refractivity contribution is 7.95. The molecule has 0 atom stereocenters. The second kappa shape index (κ2) is 38.6. The molecule has 0 fully saturated rings. The molecular weight excluding hydrogens is 1750 g/mol. The first-order chi connectivity index (χ1) is 54.7. The number of anilines is 4. The van der Waals surface area contributed by atoms with E-state index in [1.807, 2.05) is 0 Å². The molecule has 0 unspecified atom stereocenters. The molecule has 0 aliphatic heterocycles. The van der Waals surface area contributed by atoms with E-state index in [9.17, 15) is 145 Å². The van der Waals surface area contributed by atoms with E-state index in [0.717, 1.165) is 54.5 Å². The van der Waals surface area contributed by atoms with Gasteiger partial charge >= 0.3 is 42.9 Å². The molecule has 10 rings (SSSR count). The van der Waals surface area contributed by atoms with Gasteiger partial charge in [-0.25, -0.2) is 52.3 Å². The summed E-state index contributed by atoms with van der Waals surface area (Å²) in [6.45, 7) is 0. The highest BCUT2D eigenvalue weighted by atomic mass is 32.2. The largest absolute Gasteiger partial charge is 0.550 e. The van der Waals surface area contributed by atoms with Crippen LogP contribution in [0.4, 0.5) is 159 Å². The van der Waals surface area contributed by atoms with E-state index in [4.69, 9.17) is 0 Å². The van der Waals surface area contributed by atoms with E-state index >= 15 is 0 Å². The molecule has 0 saturated carbocycles. The molecule has 5 aromatic heterocycles. The first-order valence-electron chi connectivity index (χ1n) is 31.4. The molecule has 0 N–H and O–H groups in total. The van der Waals surface area contributed by atoms with Crippen molar-refractivity contribution in [2.45, 2.75) is 57.6 Å². The monoisotopic (exact) mass is 1800 g/mol. The number of aromatic nitrogens is 5. The SMILES string of the molecule is CN(C)c1ccnc(-c2cc(C(F)(F)F)c(F)c(C(F)(F)F)c2F)c1.CN(C)c1ccnc(-c2cc(S(=O)(=O)C(F)(F)F)c(F)c(SOOC(F)(F)F)c2F)c1.CN(C)c1ccnc(-c2ccc(F)c(C(F)(F)F)c2F)c1.CN(C)c1ccnc(-c2ccc(F)c(SOOC(F)(F)F)c2F)c1.Fc1ccc(-c2ccccn2)c(F)c1C(F)(F)F. The van der Waals surface area contributed by atoms with Gasteiger partial charge in [0.1, 0.15) is 66.3 Å². The lowest BCUT2D eigenvalue weighted by molar-refractivity contribution is -0.440. The molecule has 0 spiro atoms. The van der Waals surface area contributed by atoms with Gasteiger partial charge in [-0.05, 0) is 109 Å². The first-order valence-corrected chi connectivity index (χ1v) is 34.4. The average Bonchev–Trinajstić information content (AvgIpc) is 0.760. The maximum absolute atomic E-state index is 14.8. The highest BCUT2D eigenvalue weighted by Gasteiger charge is 2.50. The van der Waals surface area contributed by atoms with Gasteiger partial charge in [0, 0.05) is 138 Å². The minimum absolute atomic E-state index is 0.00389. The number of alkyl halides is 21. The summed E-state index contributed by atoms with van der Waals surface area (Å²) in [5.74, 6) is -17.7. The molecular formula is C70H48F31N9O6S3. The van der Waals surface area contributed by atoms with Crippen LogP contribution >= 0.6 is 24.1 Å². The van der Waals surface area contributed by atoms with Crippen LogP contribution in [-0.4, -0.2) is 108 Å². The van der Waals surface area contributed by atoms with Crippen molar-refractivity contribution in [2.24, 2.45) is 0 Å². The molecule has 0 radical (unpaired) electrons. The Kier molecular flexibility index (Phi) is 31.5. The fourth-order valence-electron chi connectivity index (χ4n) is 9.35. The first kappa shape index (κ1) is 97.2. The van der Waals surface area contributed by atoms with Crippen molar-refractivity contribution < 1.29 is 163 Å². The van der Waals surface area contributed by atoms with Gasteiger partial charge in [-0.3, -0.25) is 24.9 Å². The van der Waals surface area contributed by atoms with Crippen LogP contribution in [0.25, 0.3) is 56.3 Å². The van der Waals surface area contributed by atoms with Crippen LogP contribution in [0.5, 0.6) is 0 Å². The summed E-state index contributed by atoms with van der Waals surface area (Å²) in [5, 5.41) is 0. The fraction of sp³-hybridized carbons (Fsp3) is 0.214. The second-order valence-electron chi connectivity index (χ2n) is 23.9. The van der Waals surface area contributed by atoms with E-state index in [0.29, 0.717) is 29.2 Å². The number of hydrogen-bond donors (Lipinski definition) is 0. The van der Waals surface area contributed by atoms with Crippen LogP contribution < -0.4 is 19.6 Å². The number of sulfone groups is 1. The molecule has 5 heterocycles. The maximum atomic E-state index is 14.8. The van der Waals surface area contributed by atoms with Gasteiger partial charge in [-0.15, -0.1) is 44.8 Å². The second-order valence-corrected chi connectivity index (χ2v) is 27.2. The van der Waals surface area contributed by atoms with Gasteiger partial charge in [0.2, 0.25) is 0 Å². The third-order valence-corrected chi connectivity index (χ3v) is 17.7. The van der Waals surface area contributed by atoms with Gasteiger partial charge < -0.3 is 19.6 Å². The van der Waals surface area contributed by atoms with Crippen molar-refractivity contribution in [1.29, 1.82) is 0 Å². The predicted molar refractivity (Wildman–Crippen MR) is 367 cm³/mol. The topological polar surface area (TPSA) is 148 Å². The summed E-state index contributed by atoms with van der Waals surface area (Å²) in [6, 6.07) is 20.8. The number of halogens is 31. The van der Waals surface area contributed by atoms with Crippen LogP contribution in [0, 0.1) is 58.2 Å². The number of hydrogen-bond acceptors (Lipinski definition) is 17. The van der Waals surface area contributed by atoms with Gasteiger partial charge in [0.15, 0.2) is 23.3 Å². The molecule has 49 heteroatoms. The number of benzene rings is 5. The van der Waals surface area contributed by atoms with Crippen molar-refractivity contribution in [1.82, 2.24) is 24.9 Å². The normalized spacial score (nSPS) is 12.1. The third-order valence-electron chi connectivity index (χ3n) is 14.9. The molecule has 644 valence electrons. The van der Waals surface area contributed by atoms with E-state index in [-0.39, 0.29) is 52.4 Å². The summed E-state index contributed by atoms with van der Waals surface area (Å²) in [5.41, 5.74) is -16.2. The summed E-state index contributed by atoms with van der Waals surface area (Å²) in [4.78, 5) is 26.8. The van der Waals surface area contributed by atoms with Crippen molar-refractivity contribution in [3.05, 3.63) is 227 Å². The van der Waals surface area contributed by atoms with Crippen molar-refractivity contribution in [2.75, 3.05) is 76.0 Å². The van der Waals surface area contributed by atoms with Crippen LogP contribution in [0.15, 0.2) is 161 Å². The van der Waals surface area contributed by atoms with E-state index in [2.05, 4.69) is 43.4 Å². The Morgan fingerprint density at radius 3 is 0.966 bits per heavy atom. The van der Waals surface area contributed by atoms with E-state index in [1.54, 1.807) is 84.4 Å². The zero-order chi connectivity index (χ0) is 90.0. The Morgan fingerprint density at radius 2 is 0.630 bits per heavy atom. The molecule has 5 aromatic carbocycles. The highest BCUT2D eigenvalue weighted by Crippen LogP contribution is 2.47. The van der Waals surface area contributed by atoms with Crippen LogP contribution in [0.3, 0.4) is 0 Å². The molecule has 0 aliphatic carbocycles. The Morgan fingerprint density at radius 1 is 0.311 bits per heavy atom.